The van der Waals surface area contributed by atoms with Crippen LogP contribution in [0.5, 0.6) is 0 Å². The predicted octanol–water partition coefficient (Wildman–Crippen LogP) is 0.0600. The van der Waals surface area contributed by atoms with Crippen LogP contribution in [0.4, 0.5) is 0 Å². The first-order chi connectivity index (χ1) is 5.72. The van der Waals surface area contributed by atoms with E-state index in [2.05, 4.69) is 10.3 Å². The number of nitrogens with one attached hydrogen (secondary N) is 1. The Morgan fingerprint density at radius 2 is 2.58 bits per heavy atom. The van der Waals surface area contributed by atoms with Crippen molar-refractivity contribution in [2.75, 3.05) is 6.61 Å². The molecule has 0 atom stereocenters. The molecular formula is C7H10N2O2S. The zero-order valence-electron chi connectivity index (χ0n) is 6.70. The lowest BCUT2D eigenvalue weighted by Crippen LogP contribution is -2.25. The number of aryl methyl sites for hydroxylation is 1. The first-order valence-electron chi connectivity index (χ1n) is 3.51. The zero-order chi connectivity index (χ0) is 8.97. The van der Waals surface area contributed by atoms with Crippen molar-refractivity contribution in [1.82, 2.24) is 10.3 Å². The Labute approximate surface area is 74.3 Å². The Bertz CT molecular complexity index is 272. The van der Waals surface area contributed by atoms with E-state index in [1.807, 2.05) is 6.92 Å². The topological polar surface area (TPSA) is 62.2 Å². The first kappa shape index (κ1) is 9.15. The third-order valence-electron chi connectivity index (χ3n) is 1.25. The van der Waals surface area contributed by atoms with Gasteiger partial charge in [0, 0.05) is 11.1 Å². The number of rotatable bonds is 3. The Morgan fingerprint density at radius 1 is 1.83 bits per heavy atom. The van der Waals surface area contributed by atoms with Crippen molar-refractivity contribution in [2.45, 2.75) is 13.5 Å². The molecule has 0 bridgehead atoms. The molecule has 0 aromatic carbocycles. The fourth-order valence-electron chi connectivity index (χ4n) is 0.713. The van der Waals surface area contributed by atoms with Gasteiger partial charge in [-0.05, 0) is 6.92 Å². The largest absolute Gasteiger partial charge is 0.387 e. The van der Waals surface area contributed by atoms with Crippen LogP contribution in [0.3, 0.4) is 0 Å². The molecule has 0 radical (unpaired) electrons. The highest BCUT2D eigenvalue weighted by molar-refractivity contribution is 7.11. The van der Waals surface area contributed by atoms with Crippen LogP contribution in [0.15, 0.2) is 6.20 Å². The maximum atomic E-state index is 10.6. The summed E-state index contributed by atoms with van der Waals surface area (Å²) in [5.74, 6) is -0.372. The number of aliphatic hydroxyl groups excluding tert-OH is 1. The standard InChI is InChI=1S/C7H10N2O2S/c1-5-2-9-7(12-5)3-8-6(11)4-10/h2,10H,3-4H2,1H3,(H,8,11). The first-order valence-corrected chi connectivity index (χ1v) is 4.33. The third-order valence-corrected chi connectivity index (χ3v) is 2.16. The van der Waals surface area contributed by atoms with Gasteiger partial charge in [-0.15, -0.1) is 11.3 Å². The highest BCUT2D eigenvalue weighted by Crippen LogP contribution is 2.09. The van der Waals surface area contributed by atoms with Crippen LogP contribution in [0.25, 0.3) is 0 Å². The number of hydrogen-bond acceptors (Lipinski definition) is 4. The Balaban J connectivity index is 2.38. The lowest BCUT2D eigenvalue weighted by Gasteiger charge is -1.97. The minimum atomic E-state index is -0.468. The van der Waals surface area contributed by atoms with Crippen LogP contribution in [-0.2, 0) is 11.3 Å². The van der Waals surface area contributed by atoms with Crippen LogP contribution >= 0.6 is 11.3 Å². The molecule has 0 aliphatic heterocycles. The average Bonchev–Trinajstić information content (AvgIpc) is 2.47. The normalized spacial score (nSPS) is 9.83. The number of carbonyl (C=O) groups is 1. The van der Waals surface area contributed by atoms with Crippen molar-refractivity contribution in [3.05, 3.63) is 16.1 Å². The SMILES string of the molecule is Cc1cnc(CNC(=O)CO)s1. The molecule has 0 unspecified atom stereocenters. The summed E-state index contributed by atoms with van der Waals surface area (Å²) in [6, 6.07) is 0. The summed E-state index contributed by atoms with van der Waals surface area (Å²) < 4.78 is 0. The summed E-state index contributed by atoms with van der Waals surface area (Å²) in [7, 11) is 0. The minimum Gasteiger partial charge on any atom is -0.387 e. The molecular weight excluding hydrogens is 176 g/mol. The van der Waals surface area contributed by atoms with Crippen LogP contribution in [0, 0.1) is 6.92 Å². The van der Waals surface area contributed by atoms with Gasteiger partial charge in [0.25, 0.3) is 0 Å². The van der Waals surface area contributed by atoms with Crippen LogP contribution in [-0.4, -0.2) is 22.6 Å². The van der Waals surface area contributed by atoms with Gasteiger partial charge in [-0.2, -0.15) is 0 Å². The van der Waals surface area contributed by atoms with Crippen molar-refractivity contribution >= 4 is 17.2 Å². The molecule has 2 N–H and O–H groups in total. The summed E-state index contributed by atoms with van der Waals surface area (Å²) in [5.41, 5.74) is 0. The summed E-state index contributed by atoms with van der Waals surface area (Å²) >= 11 is 1.53. The summed E-state index contributed by atoms with van der Waals surface area (Å²) in [5, 5.41) is 11.8. The second-order valence-corrected chi connectivity index (χ2v) is 3.62. The summed E-state index contributed by atoms with van der Waals surface area (Å²) in [4.78, 5) is 15.8. The maximum absolute atomic E-state index is 10.6. The molecule has 12 heavy (non-hydrogen) atoms. The fourth-order valence-corrected chi connectivity index (χ4v) is 1.44. The van der Waals surface area contributed by atoms with Crippen molar-refractivity contribution in [1.29, 1.82) is 0 Å². The molecule has 0 spiro atoms. The van der Waals surface area contributed by atoms with Crippen molar-refractivity contribution in [3.63, 3.8) is 0 Å². The molecule has 1 heterocycles. The Kier molecular flexibility index (Phi) is 3.19. The quantitative estimate of drug-likeness (QED) is 0.701. The van der Waals surface area contributed by atoms with Gasteiger partial charge in [-0.1, -0.05) is 0 Å². The molecule has 1 aromatic rings. The predicted molar refractivity (Wildman–Crippen MR) is 45.8 cm³/mol. The summed E-state index contributed by atoms with van der Waals surface area (Å²) in [6.45, 7) is 1.89. The Hall–Kier alpha value is -0.940. The Morgan fingerprint density at radius 3 is 3.08 bits per heavy atom. The van der Waals surface area contributed by atoms with Gasteiger partial charge >= 0.3 is 0 Å². The molecule has 0 saturated carbocycles. The molecule has 1 rings (SSSR count). The molecule has 0 aliphatic carbocycles. The van der Waals surface area contributed by atoms with Gasteiger partial charge in [0.15, 0.2) is 0 Å². The second kappa shape index (κ2) is 4.18. The number of carbonyl (C=O) groups excluding carboxylic acids is 1. The average molecular weight is 186 g/mol. The van der Waals surface area contributed by atoms with Crippen molar-refractivity contribution in [3.8, 4) is 0 Å². The highest BCUT2D eigenvalue weighted by atomic mass is 32.1. The zero-order valence-corrected chi connectivity index (χ0v) is 7.52. The third kappa shape index (κ3) is 2.60. The number of thiazole rings is 1. The lowest BCUT2D eigenvalue weighted by molar-refractivity contribution is -0.123. The number of aliphatic hydroxyl groups is 1. The molecule has 0 fully saturated rings. The molecule has 66 valence electrons. The lowest BCUT2D eigenvalue weighted by atomic mass is 10.6. The van der Waals surface area contributed by atoms with Crippen molar-refractivity contribution in [2.24, 2.45) is 0 Å². The minimum absolute atomic E-state index is 0.372. The van der Waals surface area contributed by atoms with Gasteiger partial charge in [-0.25, -0.2) is 4.98 Å². The van der Waals surface area contributed by atoms with Gasteiger partial charge in [0.05, 0.1) is 6.54 Å². The fraction of sp³-hybridized carbons (Fsp3) is 0.429. The molecule has 1 amide bonds. The number of amides is 1. The van der Waals surface area contributed by atoms with E-state index in [4.69, 9.17) is 5.11 Å². The van der Waals surface area contributed by atoms with E-state index in [0.29, 0.717) is 6.54 Å². The molecule has 0 aliphatic rings. The van der Waals surface area contributed by atoms with Gasteiger partial charge in [0.2, 0.25) is 5.91 Å². The molecule has 1 aromatic heterocycles. The van der Waals surface area contributed by atoms with Crippen LogP contribution in [0.1, 0.15) is 9.88 Å². The smallest absolute Gasteiger partial charge is 0.246 e. The number of nitrogens with zero attached hydrogens (tertiary/aromatic N) is 1. The molecule has 5 heteroatoms. The van der Waals surface area contributed by atoms with Gasteiger partial charge in [-0.3, -0.25) is 4.79 Å². The molecule has 4 nitrogen and oxygen atoms in total. The molecule has 0 saturated heterocycles. The van der Waals surface area contributed by atoms with E-state index >= 15 is 0 Å². The van der Waals surface area contributed by atoms with Crippen molar-refractivity contribution < 1.29 is 9.90 Å². The van der Waals surface area contributed by atoms with E-state index in [-0.39, 0.29) is 5.91 Å². The van der Waals surface area contributed by atoms with E-state index < -0.39 is 6.61 Å². The van der Waals surface area contributed by atoms with Crippen LogP contribution < -0.4 is 5.32 Å². The van der Waals surface area contributed by atoms with E-state index in [1.54, 1.807) is 6.20 Å². The monoisotopic (exact) mass is 186 g/mol. The second-order valence-electron chi connectivity index (χ2n) is 2.30. The number of aromatic nitrogens is 1. The number of hydrogen-bond donors (Lipinski definition) is 2. The van der Waals surface area contributed by atoms with E-state index in [9.17, 15) is 4.79 Å². The highest BCUT2D eigenvalue weighted by Gasteiger charge is 2.00. The van der Waals surface area contributed by atoms with E-state index in [1.165, 1.54) is 11.3 Å². The van der Waals surface area contributed by atoms with Gasteiger partial charge < -0.3 is 10.4 Å². The summed E-state index contributed by atoms with van der Waals surface area (Å²) in [6.07, 6.45) is 1.76. The van der Waals surface area contributed by atoms with Crippen LogP contribution in [0.2, 0.25) is 0 Å². The maximum Gasteiger partial charge on any atom is 0.246 e. The van der Waals surface area contributed by atoms with Gasteiger partial charge in [0.1, 0.15) is 11.6 Å². The van der Waals surface area contributed by atoms with E-state index in [0.717, 1.165) is 9.88 Å².